The molecular formula is C20H15ClN4O2S. The molecule has 0 saturated carbocycles. The number of hydrogen-bond donors (Lipinski definition) is 3. The molecule has 140 valence electrons. The Bertz CT molecular complexity index is 1150. The molecule has 0 unspecified atom stereocenters. The van der Waals surface area contributed by atoms with Crippen molar-refractivity contribution in [1.29, 1.82) is 0 Å². The SMILES string of the molecule is O=C(CNC(=O)c1sc2ccccc2c1Cl)Nc1cccc(-c2ncc[nH]2)c1. The Kier molecular flexibility index (Phi) is 5.10. The molecule has 2 aromatic carbocycles. The Balaban J connectivity index is 1.40. The van der Waals surface area contributed by atoms with Crippen molar-refractivity contribution < 1.29 is 9.59 Å². The van der Waals surface area contributed by atoms with Crippen molar-refractivity contribution in [3.63, 3.8) is 0 Å². The predicted octanol–water partition coefficient (Wildman–Crippen LogP) is 4.31. The summed E-state index contributed by atoms with van der Waals surface area (Å²) in [5, 5.41) is 6.63. The predicted molar refractivity (Wildman–Crippen MR) is 112 cm³/mol. The number of benzene rings is 2. The second kappa shape index (κ2) is 7.84. The molecule has 0 saturated heterocycles. The molecule has 2 amide bonds. The Morgan fingerprint density at radius 2 is 2.00 bits per heavy atom. The third-order valence-electron chi connectivity index (χ3n) is 4.07. The monoisotopic (exact) mass is 410 g/mol. The minimum Gasteiger partial charge on any atom is -0.345 e. The lowest BCUT2D eigenvalue weighted by Crippen LogP contribution is -2.32. The van der Waals surface area contributed by atoms with Crippen LogP contribution in [0.4, 0.5) is 5.69 Å². The van der Waals surface area contributed by atoms with E-state index in [-0.39, 0.29) is 18.4 Å². The topological polar surface area (TPSA) is 86.9 Å². The van der Waals surface area contributed by atoms with E-state index in [0.717, 1.165) is 15.6 Å². The maximum atomic E-state index is 12.4. The van der Waals surface area contributed by atoms with Crippen LogP contribution in [0.1, 0.15) is 9.67 Å². The average Bonchev–Trinajstić information content (AvgIpc) is 3.35. The lowest BCUT2D eigenvalue weighted by atomic mass is 10.2. The summed E-state index contributed by atoms with van der Waals surface area (Å²) in [7, 11) is 0. The molecule has 4 aromatic rings. The van der Waals surface area contributed by atoms with Gasteiger partial charge in [-0.15, -0.1) is 11.3 Å². The summed E-state index contributed by atoms with van der Waals surface area (Å²) in [6.07, 6.45) is 3.39. The molecule has 2 aromatic heterocycles. The van der Waals surface area contributed by atoms with Gasteiger partial charge in [-0.25, -0.2) is 4.98 Å². The molecule has 0 aliphatic rings. The Hall–Kier alpha value is -3.16. The third-order valence-corrected chi connectivity index (χ3v) is 5.74. The number of hydrogen-bond acceptors (Lipinski definition) is 4. The van der Waals surface area contributed by atoms with Crippen molar-refractivity contribution in [2.75, 3.05) is 11.9 Å². The molecule has 0 bridgehead atoms. The van der Waals surface area contributed by atoms with Crippen LogP contribution in [0.2, 0.25) is 5.02 Å². The zero-order chi connectivity index (χ0) is 19.5. The number of thiophene rings is 1. The maximum absolute atomic E-state index is 12.4. The highest BCUT2D eigenvalue weighted by atomic mass is 35.5. The largest absolute Gasteiger partial charge is 0.345 e. The van der Waals surface area contributed by atoms with E-state index in [9.17, 15) is 9.59 Å². The molecule has 8 heteroatoms. The van der Waals surface area contributed by atoms with Crippen LogP contribution in [0.15, 0.2) is 60.9 Å². The highest BCUT2D eigenvalue weighted by Crippen LogP contribution is 2.34. The van der Waals surface area contributed by atoms with E-state index < -0.39 is 0 Å². The molecule has 0 aliphatic carbocycles. The van der Waals surface area contributed by atoms with Crippen LogP contribution in [0, 0.1) is 0 Å². The number of anilines is 1. The van der Waals surface area contributed by atoms with Gasteiger partial charge >= 0.3 is 0 Å². The van der Waals surface area contributed by atoms with Crippen LogP contribution >= 0.6 is 22.9 Å². The highest BCUT2D eigenvalue weighted by Gasteiger charge is 2.17. The minimum absolute atomic E-state index is 0.158. The number of halogens is 1. The first-order valence-corrected chi connectivity index (χ1v) is 9.66. The molecule has 3 N–H and O–H groups in total. The summed E-state index contributed by atoms with van der Waals surface area (Å²) in [5.41, 5.74) is 1.47. The van der Waals surface area contributed by atoms with Crippen LogP contribution in [0.5, 0.6) is 0 Å². The van der Waals surface area contributed by atoms with Crippen molar-refractivity contribution in [1.82, 2.24) is 15.3 Å². The first kappa shape index (κ1) is 18.2. The number of aromatic amines is 1. The molecule has 2 heterocycles. The number of aromatic nitrogens is 2. The highest BCUT2D eigenvalue weighted by molar-refractivity contribution is 7.21. The fraction of sp³-hybridized carbons (Fsp3) is 0.0500. The Labute approximate surface area is 169 Å². The van der Waals surface area contributed by atoms with Crippen LogP contribution in [-0.2, 0) is 4.79 Å². The van der Waals surface area contributed by atoms with Gasteiger partial charge in [0, 0.05) is 33.7 Å². The first-order valence-electron chi connectivity index (χ1n) is 8.47. The summed E-state index contributed by atoms with van der Waals surface area (Å²) in [4.78, 5) is 32.3. The van der Waals surface area contributed by atoms with Gasteiger partial charge in [-0.1, -0.05) is 41.9 Å². The number of nitrogens with zero attached hydrogens (tertiary/aromatic N) is 1. The minimum atomic E-state index is -0.370. The van der Waals surface area contributed by atoms with Crippen LogP contribution in [-0.4, -0.2) is 28.3 Å². The molecule has 0 aliphatic heterocycles. The van der Waals surface area contributed by atoms with E-state index in [4.69, 9.17) is 11.6 Å². The maximum Gasteiger partial charge on any atom is 0.263 e. The summed E-state index contributed by atoms with van der Waals surface area (Å²) in [5.74, 6) is 0.0108. The van der Waals surface area contributed by atoms with Crippen molar-refractivity contribution >= 4 is 50.5 Å². The van der Waals surface area contributed by atoms with E-state index >= 15 is 0 Å². The van der Waals surface area contributed by atoms with Crippen LogP contribution in [0.25, 0.3) is 21.5 Å². The smallest absolute Gasteiger partial charge is 0.263 e. The molecule has 6 nitrogen and oxygen atoms in total. The van der Waals surface area contributed by atoms with Gasteiger partial charge in [0.15, 0.2) is 0 Å². The number of carbonyl (C=O) groups is 2. The van der Waals surface area contributed by atoms with Crippen molar-refractivity contribution in [3.05, 3.63) is 70.8 Å². The number of amides is 2. The molecule has 0 spiro atoms. The van der Waals surface area contributed by atoms with Crippen molar-refractivity contribution in [3.8, 4) is 11.4 Å². The fourth-order valence-corrected chi connectivity index (χ4v) is 4.21. The molecular weight excluding hydrogens is 396 g/mol. The van der Waals surface area contributed by atoms with Gasteiger partial charge in [0.05, 0.1) is 11.6 Å². The van der Waals surface area contributed by atoms with Gasteiger partial charge in [-0.2, -0.15) is 0 Å². The number of carbonyl (C=O) groups excluding carboxylic acids is 2. The number of nitrogens with one attached hydrogen (secondary N) is 3. The quantitative estimate of drug-likeness (QED) is 0.458. The number of rotatable bonds is 5. The van der Waals surface area contributed by atoms with E-state index in [0.29, 0.717) is 21.4 Å². The second-order valence-corrected chi connectivity index (χ2v) is 7.42. The second-order valence-electron chi connectivity index (χ2n) is 5.99. The first-order chi connectivity index (χ1) is 13.6. The van der Waals surface area contributed by atoms with Crippen LogP contribution < -0.4 is 10.6 Å². The van der Waals surface area contributed by atoms with Gasteiger partial charge in [0.1, 0.15) is 10.7 Å². The number of imidazole rings is 1. The van der Waals surface area contributed by atoms with E-state index in [2.05, 4.69) is 20.6 Å². The summed E-state index contributed by atoms with van der Waals surface area (Å²) >= 11 is 7.61. The van der Waals surface area contributed by atoms with E-state index in [1.165, 1.54) is 11.3 Å². The molecule has 0 fully saturated rings. The summed E-state index contributed by atoms with van der Waals surface area (Å²) in [6, 6.07) is 14.8. The molecule has 4 rings (SSSR count). The van der Waals surface area contributed by atoms with Crippen LogP contribution in [0.3, 0.4) is 0 Å². The third kappa shape index (κ3) is 3.76. The lowest BCUT2D eigenvalue weighted by Gasteiger charge is -2.07. The standard InChI is InChI=1S/C20H15ClN4O2S/c21-17-14-6-1-2-7-15(14)28-18(17)20(27)24-11-16(26)25-13-5-3-4-12(10-13)19-22-8-9-23-19/h1-10H,11H2,(H,22,23)(H,24,27)(H,25,26). The summed E-state index contributed by atoms with van der Waals surface area (Å²) in [6.45, 7) is -0.158. The van der Waals surface area contributed by atoms with Crippen molar-refractivity contribution in [2.45, 2.75) is 0 Å². The lowest BCUT2D eigenvalue weighted by molar-refractivity contribution is -0.115. The Morgan fingerprint density at radius 3 is 2.79 bits per heavy atom. The van der Waals surface area contributed by atoms with E-state index in [1.54, 1.807) is 24.5 Å². The zero-order valence-corrected chi connectivity index (χ0v) is 16.1. The van der Waals surface area contributed by atoms with Gasteiger partial charge in [-0.3, -0.25) is 9.59 Å². The van der Waals surface area contributed by atoms with Gasteiger partial charge in [-0.05, 0) is 18.2 Å². The number of H-pyrrole nitrogens is 1. The van der Waals surface area contributed by atoms with Gasteiger partial charge in [0.25, 0.3) is 5.91 Å². The van der Waals surface area contributed by atoms with Crippen molar-refractivity contribution in [2.24, 2.45) is 0 Å². The molecule has 0 atom stereocenters. The molecule has 28 heavy (non-hydrogen) atoms. The van der Waals surface area contributed by atoms with Gasteiger partial charge in [0.2, 0.25) is 5.91 Å². The fourth-order valence-electron chi connectivity index (χ4n) is 2.77. The van der Waals surface area contributed by atoms with Gasteiger partial charge < -0.3 is 15.6 Å². The zero-order valence-electron chi connectivity index (χ0n) is 14.5. The summed E-state index contributed by atoms with van der Waals surface area (Å²) < 4.78 is 0.928. The average molecular weight is 411 g/mol. The molecule has 0 radical (unpaired) electrons. The number of fused-ring (bicyclic) bond motifs is 1. The normalized spacial score (nSPS) is 10.8. The van der Waals surface area contributed by atoms with E-state index in [1.807, 2.05) is 36.4 Å². The Morgan fingerprint density at radius 1 is 1.14 bits per heavy atom.